The molecule has 1 amide bonds. The molecule has 1 aromatic rings. The van der Waals surface area contributed by atoms with Crippen LogP contribution in [0, 0.1) is 11.8 Å². The standard InChI is InChI=1S/C13H21N3O/c1-10-5-7-16(9-11(10)8-14)13(17)12-4-3-6-15(12)2/h3-4,6,10-11H,5,7-9,14H2,1-2H3. The van der Waals surface area contributed by atoms with Gasteiger partial charge in [0, 0.05) is 26.3 Å². The van der Waals surface area contributed by atoms with Crippen LogP contribution in [0.3, 0.4) is 0 Å². The second-order valence-corrected chi connectivity index (χ2v) is 5.02. The van der Waals surface area contributed by atoms with Gasteiger partial charge in [0.25, 0.3) is 5.91 Å². The Morgan fingerprint density at radius 3 is 2.94 bits per heavy atom. The molecule has 94 valence electrons. The molecule has 1 aliphatic rings. The quantitative estimate of drug-likeness (QED) is 0.834. The average molecular weight is 235 g/mol. The van der Waals surface area contributed by atoms with Gasteiger partial charge in [-0.1, -0.05) is 6.92 Å². The highest BCUT2D eigenvalue weighted by atomic mass is 16.2. The summed E-state index contributed by atoms with van der Waals surface area (Å²) in [6.07, 6.45) is 2.96. The summed E-state index contributed by atoms with van der Waals surface area (Å²) in [5.74, 6) is 1.19. The molecule has 0 aromatic carbocycles. The van der Waals surface area contributed by atoms with E-state index in [0.29, 0.717) is 18.4 Å². The Morgan fingerprint density at radius 2 is 2.35 bits per heavy atom. The second-order valence-electron chi connectivity index (χ2n) is 5.02. The van der Waals surface area contributed by atoms with Gasteiger partial charge in [0.05, 0.1) is 0 Å². The zero-order chi connectivity index (χ0) is 12.4. The van der Waals surface area contributed by atoms with Gasteiger partial charge in [0.15, 0.2) is 0 Å². The lowest BCUT2D eigenvalue weighted by Crippen LogP contribution is -2.45. The first-order valence-electron chi connectivity index (χ1n) is 6.24. The molecule has 1 aliphatic heterocycles. The molecule has 0 bridgehead atoms. The Kier molecular flexibility index (Phi) is 3.52. The van der Waals surface area contributed by atoms with Crippen molar-refractivity contribution in [2.24, 2.45) is 24.6 Å². The average Bonchev–Trinajstić information content (AvgIpc) is 2.75. The van der Waals surface area contributed by atoms with Gasteiger partial charge in [0.2, 0.25) is 0 Å². The maximum absolute atomic E-state index is 12.3. The third kappa shape index (κ3) is 2.36. The van der Waals surface area contributed by atoms with Crippen molar-refractivity contribution in [1.82, 2.24) is 9.47 Å². The monoisotopic (exact) mass is 235 g/mol. The molecule has 0 spiro atoms. The number of hydrogen-bond donors (Lipinski definition) is 1. The first-order valence-corrected chi connectivity index (χ1v) is 6.24. The SMILES string of the molecule is CC1CCN(C(=O)c2cccn2C)CC1CN. The number of amides is 1. The minimum absolute atomic E-state index is 0.128. The molecule has 1 fully saturated rings. The van der Waals surface area contributed by atoms with Crippen molar-refractivity contribution in [2.45, 2.75) is 13.3 Å². The summed E-state index contributed by atoms with van der Waals surface area (Å²) in [5.41, 5.74) is 6.52. The molecule has 2 heterocycles. The maximum Gasteiger partial charge on any atom is 0.270 e. The van der Waals surface area contributed by atoms with Crippen LogP contribution in [-0.4, -0.2) is 35.0 Å². The fraction of sp³-hybridized carbons (Fsp3) is 0.615. The molecule has 4 nitrogen and oxygen atoms in total. The molecule has 1 aromatic heterocycles. The molecule has 1 saturated heterocycles. The summed E-state index contributed by atoms with van der Waals surface area (Å²) >= 11 is 0. The van der Waals surface area contributed by atoms with Crippen LogP contribution in [0.4, 0.5) is 0 Å². The number of nitrogens with two attached hydrogens (primary N) is 1. The molecule has 2 N–H and O–H groups in total. The van der Waals surface area contributed by atoms with Crippen molar-refractivity contribution >= 4 is 5.91 Å². The molecular formula is C13H21N3O. The highest BCUT2D eigenvalue weighted by Gasteiger charge is 2.29. The van der Waals surface area contributed by atoms with E-state index in [9.17, 15) is 4.79 Å². The number of carbonyl (C=O) groups is 1. The molecule has 2 rings (SSSR count). The Balaban J connectivity index is 2.09. The smallest absolute Gasteiger partial charge is 0.270 e. The van der Waals surface area contributed by atoms with Gasteiger partial charge < -0.3 is 15.2 Å². The van der Waals surface area contributed by atoms with Crippen molar-refractivity contribution in [3.63, 3.8) is 0 Å². The van der Waals surface area contributed by atoms with Crippen molar-refractivity contribution in [3.05, 3.63) is 24.0 Å². The number of piperidine rings is 1. The third-order valence-corrected chi connectivity index (χ3v) is 3.87. The minimum Gasteiger partial charge on any atom is -0.347 e. The van der Waals surface area contributed by atoms with Crippen LogP contribution in [0.15, 0.2) is 18.3 Å². The lowest BCUT2D eigenvalue weighted by molar-refractivity contribution is 0.0609. The van der Waals surface area contributed by atoms with Gasteiger partial charge in [-0.2, -0.15) is 0 Å². The van der Waals surface area contributed by atoms with Crippen LogP contribution < -0.4 is 5.73 Å². The van der Waals surface area contributed by atoms with Crippen LogP contribution in [0.1, 0.15) is 23.8 Å². The first-order chi connectivity index (χ1) is 8.13. The van der Waals surface area contributed by atoms with Crippen molar-refractivity contribution in [1.29, 1.82) is 0 Å². The number of rotatable bonds is 2. The maximum atomic E-state index is 12.3. The molecule has 0 aliphatic carbocycles. The minimum atomic E-state index is 0.128. The van der Waals surface area contributed by atoms with Crippen molar-refractivity contribution in [3.8, 4) is 0 Å². The first kappa shape index (κ1) is 12.2. The number of nitrogens with zero attached hydrogens (tertiary/aromatic N) is 2. The predicted octanol–water partition coefficient (Wildman–Crippen LogP) is 1.08. The summed E-state index contributed by atoms with van der Waals surface area (Å²) in [4.78, 5) is 14.3. The lowest BCUT2D eigenvalue weighted by atomic mass is 9.87. The summed E-state index contributed by atoms with van der Waals surface area (Å²) in [5, 5.41) is 0. The highest BCUT2D eigenvalue weighted by molar-refractivity contribution is 5.92. The van der Waals surface area contributed by atoms with Crippen LogP contribution in [-0.2, 0) is 7.05 Å². The number of likely N-dealkylation sites (tertiary alicyclic amines) is 1. The highest BCUT2D eigenvalue weighted by Crippen LogP contribution is 2.23. The van der Waals surface area contributed by atoms with E-state index < -0.39 is 0 Å². The molecule has 4 heteroatoms. The summed E-state index contributed by atoms with van der Waals surface area (Å²) < 4.78 is 1.87. The largest absolute Gasteiger partial charge is 0.347 e. The summed E-state index contributed by atoms with van der Waals surface area (Å²) in [6, 6.07) is 3.78. The van der Waals surface area contributed by atoms with Crippen LogP contribution in [0.5, 0.6) is 0 Å². The van der Waals surface area contributed by atoms with E-state index in [1.165, 1.54) is 0 Å². The van der Waals surface area contributed by atoms with E-state index in [4.69, 9.17) is 5.73 Å². The zero-order valence-corrected chi connectivity index (χ0v) is 10.6. The Labute approximate surface area is 102 Å². The van der Waals surface area contributed by atoms with E-state index in [1.54, 1.807) is 0 Å². The zero-order valence-electron chi connectivity index (χ0n) is 10.6. The fourth-order valence-electron chi connectivity index (χ4n) is 2.49. The molecule has 2 atom stereocenters. The van der Waals surface area contributed by atoms with Crippen molar-refractivity contribution in [2.75, 3.05) is 19.6 Å². The van der Waals surface area contributed by atoms with E-state index in [2.05, 4.69) is 6.92 Å². The molecule has 2 unspecified atom stereocenters. The topological polar surface area (TPSA) is 51.3 Å². The fourth-order valence-corrected chi connectivity index (χ4v) is 2.49. The number of hydrogen-bond acceptors (Lipinski definition) is 2. The number of aromatic nitrogens is 1. The van der Waals surface area contributed by atoms with Crippen LogP contribution in [0.2, 0.25) is 0 Å². The number of carbonyl (C=O) groups excluding carboxylic acids is 1. The van der Waals surface area contributed by atoms with E-state index >= 15 is 0 Å². The van der Waals surface area contributed by atoms with Gasteiger partial charge in [-0.05, 0) is 36.9 Å². The molecule has 0 radical (unpaired) electrons. The van der Waals surface area contributed by atoms with Crippen LogP contribution >= 0.6 is 0 Å². The van der Waals surface area contributed by atoms with Gasteiger partial charge in [0.1, 0.15) is 5.69 Å². The van der Waals surface area contributed by atoms with Gasteiger partial charge in [-0.3, -0.25) is 4.79 Å². The predicted molar refractivity (Wildman–Crippen MR) is 67.6 cm³/mol. The Hall–Kier alpha value is -1.29. The molecular weight excluding hydrogens is 214 g/mol. The second kappa shape index (κ2) is 4.92. The van der Waals surface area contributed by atoms with Crippen LogP contribution in [0.25, 0.3) is 0 Å². The van der Waals surface area contributed by atoms with Gasteiger partial charge in [-0.15, -0.1) is 0 Å². The Bertz CT molecular complexity index is 399. The summed E-state index contributed by atoms with van der Waals surface area (Å²) in [7, 11) is 1.90. The molecule has 0 saturated carbocycles. The number of aryl methyl sites for hydroxylation is 1. The van der Waals surface area contributed by atoms with Gasteiger partial charge >= 0.3 is 0 Å². The van der Waals surface area contributed by atoms with Crippen molar-refractivity contribution < 1.29 is 4.79 Å². The van der Waals surface area contributed by atoms with E-state index in [0.717, 1.165) is 25.2 Å². The van der Waals surface area contributed by atoms with Gasteiger partial charge in [-0.25, -0.2) is 0 Å². The normalized spacial score (nSPS) is 25.0. The molecule has 17 heavy (non-hydrogen) atoms. The summed E-state index contributed by atoms with van der Waals surface area (Å²) in [6.45, 7) is 4.53. The lowest BCUT2D eigenvalue weighted by Gasteiger charge is -2.36. The Morgan fingerprint density at radius 1 is 1.59 bits per heavy atom. The van der Waals surface area contributed by atoms with E-state index in [1.807, 2.05) is 34.8 Å². The van der Waals surface area contributed by atoms with E-state index in [-0.39, 0.29) is 5.91 Å². The third-order valence-electron chi connectivity index (χ3n) is 3.87.